The lowest BCUT2D eigenvalue weighted by molar-refractivity contribution is -0.388. The van der Waals surface area contributed by atoms with E-state index in [4.69, 9.17) is 4.74 Å². The molecule has 0 saturated heterocycles. The fourth-order valence-electron chi connectivity index (χ4n) is 1.55. The van der Waals surface area contributed by atoms with Crippen LogP contribution in [0.3, 0.4) is 0 Å². The highest BCUT2D eigenvalue weighted by molar-refractivity contribution is 5.55. The molecule has 100 valence electrons. The van der Waals surface area contributed by atoms with Crippen LogP contribution in [0.25, 0.3) is 0 Å². The van der Waals surface area contributed by atoms with Crippen LogP contribution < -0.4 is 10.1 Å². The summed E-state index contributed by atoms with van der Waals surface area (Å²) in [4.78, 5) is 10.1. The van der Waals surface area contributed by atoms with Gasteiger partial charge in [0.25, 0.3) is 0 Å². The van der Waals surface area contributed by atoms with E-state index >= 15 is 0 Å². The Kier molecular flexibility index (Phi) is 4.33. The van der Waals surface area contributed by atoms with Gasteiger partial charge in [-0.25, -0.2) is 0 Å². The molecule has 1 heterocycles. The van der Waals surface area contributed by atoms with E-state index in [-0.39, 0.29) is 5.82 Å². The maximum atomic E-state index is 10.6. The molecule has 0 aliphatic carbocycles. The van der Waals surface area contributed by atoms with E-state index in [9.17, 15) is 10.1 Å². The highest BCUT2D eigenvalue weighted by atomic mass is 16.6. The maximum Gasteiger partial charge on any atom is 0.366 e. The summed E-state index contributed by atoms with van der Waals surface area (Å²) in [5.41, 5.74) is 0.393. The van der Waals surface area contributed by atoms with Crippen molar-refractivity contribution in [2.45, 2.75) is 6.42 Å². The molecule has 2 aromatic rings. The molecule has 0 amide bonds. The van der Waals surface area contributed by atoms with Crippen molar-refractivity contribution >= 4 is 11.5 Å². The number of rotatable bonds is 7. The van der Waals surface area contributed by atoms with Gasteiger partial charge in [-0.1, -0.05) is 23.3 Å². The third-order valence-electron chi connectivity index (χ3n) is 2.45. The Morgan fingerprint density at radius 2 is 2.16 bits per heavy atom. The number of aromatic amines is 1. The van der Waals surface area contributed by atoms with Gasteiger partial charge in [0, 0.05) is 6.54 Å². The van der Waals surface area contributed by atoms with Crippen molar-refractivity contribution < 1.29 is 9.66 Å². The van der Waals surface area contributed by atoms with E-state index in [1.54, 1.807) is 0 Å². The van der Waals surface area contributed by atoms with Crippen molar-refractivity contribution in [2.75, 3.05) is 18.5 Å². The zero-order chi connectivity index (χ0) is 13.5. The number of para-hydroxylation sites is 1. The topological polar surface area (TPSA) is 93.1 Å². The smallest absolute Gasteiger partial charge is 0.366 e. The Balaban J connectivity index is 1.70. The Morgan fingerprint density at radius 1 is 1.37 bits per heavy atom. The molecule has 0 bridgehead atoms. The molecule has 0 aliphatic rings. The number of hydrogen-bond acceptors (Lipinski definition) is 5. The van der Waals surface area contributed by atoms with Gasteiger partial charge >= 0.3 is 5.82 Å². The lowest BCUT2D eigenvalue weighted by Crippen LogP contribution is -2.07. The van der Waals surface area contributed by atoms with E-state index in [0.29, 0.717) is 18.8 Å². The van der Waals surface area contributed by atoms with Crippen molar-refractivity contribution in [3.05, 3.63) is 46.6 Å². The third kappa shape index (κ3) is 3.70. The van der Waals surface area contributed by atoms with E-state index in [2.05, 4.69) is 15.5 Å². The number of nitrogens with zero attached hydrogens (tertiary/aromatic N) is 2. The molecule has 0 atom stereocenters. The summed E-state index contributed by atoms with van der Waals surface area (Å²) < 4.78 is 5.51. The highest BCUT2D eigenvalue weighted by Gasteiger charge is 2.13. The predicted molar refractivity (Wildman–Crippen MR) is 70.3 cm³/mol. The van der Waals surface area contributed by atoms with Crippen LogP contribution >= 0.6 is 0 Å². The molecule has 0 fully saturated rings. The van der Waals surface area contributed by atoms with Gasteiger partial charge in [-0.2, -0.15) is 0 Å². The van der Waals surface area contributed by atoms with E-state index < -0.39 is 4.92 Å². The molecule has 0 unspecified atom stereocenters. The molecule has 19 heavy (non-hydrogen) atoms. The van der Waals surface area contributed by atoms with Gasteiger partial charge in [-0.05, 0) is 23.5 Å². The van der Waals surface area contributed by atoms with Crippen molar-refractivity contribution in [1.82, 2.24) is 10.2 Å². The van der Waals surface area contributed by atoms with Crippen LogP contribution in [0.2, 0.25) is 0 Å². The lowest BCUT2D eigenvalue weighted by Gasteiger charge is -2.06. The Labute approximate surface area is 109 Å². The standard InChI is InChI=1S/C12H14N4O3/c17-16(18)12-11(9-14-15-12)13-7-4-8-19-10-5-2-1-3-6-10/h1-3,5-6,9,13H,4,7-8H2,(H,14,15). The zero-order valence-electron chi connectivity index (χ0n) is 10.2. The number of aromatic nitrogens is 2. The minimum atomic E-state index is -0.504. The molecular formula is C12H14N4O3. The quantitative estimate of drug-likeness (QED) is 0.453. The maximum absolute atomic E-state index is 10.6. The molecule has 1 aromatic carbocycles. The monoisotopic (exact) mass is 262 g/mol. The first kappa shape index (κ1) is 12.9. The third-order valence-corrected chi connectivity index (χ3v) is 2.45. The largest absolute Gasteiger partial charge is 0.494 e. The number of benzene rings is 1. The first-order valence-electron chi connectivity index (χ1n) is 5.87. The molecule has 0 radical (unpaired) electrons. The van der Waals surface area contributed by atoms with Gasteiger partial charge in [0.05, 0.1) is 6.61 Å². The average Bonchev–Trinajstić information content (AvgIpc) is 2.88. The van der Waals surface area contributed by atoms with Crippen LogP contribution in [0.5, 0.6) is 5.75 Å². The molecule has 7 nitrogen and oxygen atoms in total. The van der Waals surface area contributed by atoms with Crippen molar-refractivity contribution in [3.8, 4) is 5.75 Å². The Bertz CT molecular complexity index is 527. The van der Waals surface area contributed by atoms with E-state index in [1.807, 2.05) is 30.3 Å². The lowest BCUT2D eigenvalue weighted by atomic mass is 10.3. The minimum absolute atomic E-state index is 0.121. The molecule has 0 saturated carbocycles. The van der Waals surface area contributed by atoms with Crippen LogP contribution in [0, 0.1) is 10.1 Å². The van der Waals surface area contributed by atoms with Crippen LogP contribution in [0.1, 0.15) is 6.42 Å². The molecule has 1 aromatic heterocycles. The number of nitro groups is 1. The van der Waals surface area contributed by atoms with E-state index in [0.717, 1.165) is 12.2 Å². The number of H-pyrrole nitrogens is 1. The minimum Gasteiger partial charge on any atom is -0.494 e. The molecule has 7 heteroatoms. The zero-order valence-corrected chi connectivity index (χ0v) is 10.2. The summed E-state index contributed by atoms with van der Waals surface area (Å²) in [6, 6.07) is 9.50. The van der Waals surface area contributed by atoms with Crippen LogP contribution in [-0.4, -0.2) is 28.3 Å². The Hall–Kier alpha value is -2.57. The normalized spacial score (nSPS) is 10.1. The summed E-state index contributed by atoms with van der Waals surface area (Å²) in [5, 5.41) is 19.5. The first-order valence-corrected chi connectivity index (χ1v) is 5.87. The molecule has 2 N–H and O–H groups in total. The van der Waals surface area contributed by atoms with Gasteiger partial charge < -0.3 is 20.2 Å². The van der Waals surface area contributed by atoms with Crippen molar-refractivity contribution in [3.63, 3.8) is 0 Å². The van der Waals surface area contributed by atoms with Crippen molar-refractivity contribution in [2.24, 2.45) is 0 Å². The Morgan fingerprint density at radius 3 is 2.89 bits per heavy atom. The number of hydrogen-bond donors (Lipinski definition) is 2. The predicted octanol–water partition coefficient (Wildman–Crippen LogP) is 2.20. The summed E-state index contributed by atoms with van der Waals surface area (Å²) in [5.74, 6) is 0.695. The fourth-order valence-corrected chi connectivity index (χ4v) is 1.55. The van der Waals surface area contributed by atoms with Crippen LogP contribution in [0.4, 0.5) is 11.5 Å². The highest BCUT2D eigenvalue weighted by Crippen LogP contribution is 2.19. The van der Waals surface area contributed by atoms with Gasteiger partial charge in [-0.15, -0.1) is 5.10 Å². The number of anilines is 1. The summed E-state index contributed by atoms with van der Waals surface area (Å²) in [6.45, 7) is 1.12. The van der Waals surface area contributed by atoms with Crippen LogP contribution in [0.15, 0.2) is 36.5 Å². The summed E-state index contributed by atoms with van der Waals surface area (Å²) >= 11 is 0. The molecule has 2 rings (SSSR count). The second-order valence-corrected chi connectivity index (χ2v) is 3.83. The fraction of sp³-hybridized carbons (Fsp3) is 0.250. The van der Waals surface area contributed by atoms with Gasteiger partial charge in [-0.3, -0.25) is 0 Å². The molecular weight excluding hydrogens is 248 g/mol. The SMILES string of the molecule is O=[N+]([O-])c1[nH]ncc1NCCCOc1ccccc1. The van der Waals surface area contributed by atoms with Gasteiger partial charge in [0.2, 0.25) is 0 Å². The number of nitrogens with one attached hydrogen (secondary N) is 2. The summed E-state index contributed by atoms with van der Waals surface area (Å²) in [7, 11) is 0. The molecule has 0 spiro atoms. The van der Waals surface area contributed by atoms with E-state index in [1.165, 1.54) is 6.20 Å². The van der Waals surface area contributed by atoms with Gasteiger partial charge in [0.1, 0.15) is 11.9 Å². The summed E-state index contributed by atoms with van der Waals surface area (Å²) in [6.07, 6.45) is 2.13. The van der Waals surface area contributed by atoms with Crippen LogP contribution in [-0.2, 0) is 0 Å². The first-order chi connectivity index (χ1) is 9.27. The van der Waals surface area contributed by atoms with Gasteiger partial charge in [0.15, 0.2) is 5.69 Å². The molecule has 0 aliphatic heterocycles. The second-order valence-electron chi connectivity index (χ2n) is 3.83. The average molecular weight is 262 g/mol. The van der Waals surface area contributed by atoms with Crippen molar-refractivity contribution in [1.29, 1.82) is 0 Å². The second kappa shape index (κ2) is 6.39. The number of ether oxygens (including phenoxy) is 1.